The number of ether oxygens (including phenoxy) is 1. The number of alkyl halides is 1. The van der Waals surface area contributed by atoms with Crippen LogP contribution >= 0.6 is 15.9 Å². The highest BCUT2D eigenvalue weighted by atomic mass is 79.9. The van der Waals surface area contributed by atoms with Gasteiger partial charge in [-0.1, -0.05) is 34.1 Å². The summed E-state index contributed by atoms with van der Waals surface area (Å²) in [6.45, 7) is 5.77. The Labute approximate surface area is 116 Å². The molecule has 1 aromatic carbocycles. The molecule has 3 nitrogen and oxygen atoms in total. The Morgan fingerprint density at radius 3 is 2.61 bits per heavy atom. The lowest BCUT2D eigenvalue weighted by Gasteiger charge is -2.12. The Morgan fingerprint density at radius 1 is 1.39 bits per heavy atom. The fourth-order valence-corrected chi connectivity index (χ4v) is 2.02. The van der Waals surface area contributed by atoms with Gasteiger partial charge in [-0.2, -0.15) is 0 Å². The van der Waals surface area contributed by atoms with E-state index in [9.17, 15) is 9.59 Å². The lowest BCUT2D eigenvalue weighted by Crippen LogP contribution is -2.17. The van der Waals surface area contributed by atoms with Gasteiger partial charge in [-0.25, -0.2) is 0 Å². The van der Waals surface area contributed by atoms with Crippen molar-refractivity contribution in [1.29, 1.82) is 0 Å². The van der Waals surface area contributed by atoms with Gasteiger partial charge < -0.3 is 4.74 Å². The number of benzene rings is 1. The van der Waals surface area contributed by atoms with E-state index in [2.05, 4.69) is 15.9 Å². The fraction of sp³-hybridized carbons (Fsp3) is 0.429. The topological polar surface area (TPSA) is 43.4 Å². The highest BCUT2D eigenvalue weighted by molar-refractivity contribution is 9.10. The third kappa shape index (κ3) is 3.67. The molecule has 4 heteroatoms. The molecule has 0 aliphatic rings. The zero-order chi connectivity index (χ0) is 13.7. The minimum Gasteiger partial charge on any atom is -0.466 e. The third-order valence-corrected chi connectivity index (χ3v) is 3.02. The Bertz CT molecular complexity index is 452. The maximum absolute atomic E-state index is 12.1. The van der Waals surface area contributed by atoms with E-state index in [4.69, 9.17) is 4.74 Å². The van der Waals surface area contributed by atoms with Crippen molar-refractivity contribution in [2.45, 2.75) is 32.0 Å². The quantitative estimate of drug-likeness (QED) is 0.477. The van der Waals surface area contributed by atoms with Crippen LogP contribution in [0.2, 0.25) is 0 Å². The van der Waals surface area contributed by atoms with E-state index in [0.717, 1.165) is 11.1 Å². The second-order valence-corrected chi connectivity index (χ2v) is 5.44. The van der Waals surface area contributed by atoms with Crippen molar-refractivity contribution in [3.8, 4) is 0 Å². The number of Topliss-reactive ketones (excluding diaryl/α,β-unsaturated/α-hetero) is 1. The molecule has 0 radical (unpaired) electrons. The number of ketones is 1. The van der Waals surface area contributed by atoms with E-state index in [-0.39, 0.29) is 23.0 Å². The summed E-state index contributed by atoms with van der Waals surface area (Å²) in [7, 11) is 0. The van der Waals surface area contributed by atoms with Crippen LogP contribution < -0.4 is 0 Å². The van der Waals surface area contributed by atoms with E-state index in [0.29, 0.717) is 12.2 Å². The molecule has 98 valence electrons. The largest absolute Gasteiger partial charge is 0.466 e. The first kappa shape index (κ1) is 14.9. The number of hydrogen-bond acceptors (Lipinski definition) is 3. The molecular weight excluding hydrogens is 296 g/mol. The van der Waals surface area contributed by atoms with E-state index < -0.39 is 0 Å². The highest BCUT2D eigenvalue weighted by Gasteiger charge is 2.19. The molecule has 0 aliphatic carbocycles. The van der Waals surface area contributed by atoms with Crippen LogP contribution in [-0.2, 0) is 16.0 Å². The Morgan fingerprint density at radius 2 is 2.06 bits per heavy atom. The van der Waals surface area contributed by atoms with Crippen LogP contribution in [-0.4, -0.2) is 23.2 Å². The van der Waals surface area contributed by atoms with Crippen LogP contribution in [0.1, 0.15) is 35.3 Å². The van der Waals surface area contributed by atoms with Gasteiger partial charge >= 0.3 is 5.97 Å². The SMILES string of the molecule is CCOC(=O)Cc1cccc(C)c1C(=O)C(C)Br. The van der Waals surface area contributed by atoms with Crippen molar-refractivity contribution in [3.05, 3.63) is 34.9 Å². The minimum atomic E-state index is -0.306. The number of carbonyl (C=O) groups is 2. The number of rotatable bonds is 5. The van der Waals surface area contributed by atoms with Crippen molar-refractivity contribution in [3.63, 3.8) is 0 Å². The van der Waals surface area contributed by atoms with Crippen LogP contribution in [0.3, 0.4) is 0 Å². The monoisotopic (exact) mass is 312 g/mol. The molecule has 0 bridgehead atoms. The Balaban J connectivity index is 3.08. The zero-order valence-corrected chi connectivity index (χ0v) is 12.4. The lowest BCUT2D eigenvalue weighted by atomic mass is 9.95. The summed E-state index contributed by atoms with van der Waals surface area (Å²) >= 11 is 3.28. The second-order valence-electron chi connectivity index (χ2n) is 4.07. The van der Waals surface area contributed by atoms with Crippen molar-refractivity contribution in [2.75, 3.05) is 6.61 Å². The molecule has 0 saturated carbocycles. The number of halogens is 1. The molecule has 1 atom stereocenters. The average molecular weight is 313 g/mol. The fourth-order valence-electron chi connectivity index (χ4n) is 1.79. The predicted octanol–water partition coefficient (Wildman–Crippen LogP) is 3.07. The van der Waals surface area contributed by atoms with Gasteiger partial charge in [-0.3, -0.25) is 9.59 Å². The third-order valence-electron chi connectivity index (χ3n) is 2.61. The van der Waals surface area contributed by atoms with Crippen molar-refractivity contribution in [2.24, 2.45) is 0 Å². The summed E-state index contributed by atoms with van der Waals surface area (Å²) < 4.78 is 4.92. The van der Waals surface area contributed by atoms with Crippen LogP contribution in [0.5, 0.6) is 0 Å². The van der Waals surface area contributed by atoms with E-state index in [1.54, 1.807) is 19.9 Å². The maximum Gasteiger partial charge on any atom is 0.310 e. The van der Waals surface area contributed by atoms with Crippen molar-refractivity contribution < 1.29 is 14.3 Å². The van der Waals surface area contributed by atoms with Crippen LogP contribution in [0.15, 0.2) is 18.2 Å². The van der Waals surface area contributed by atoms with E-state index >= 15 is 0 Å². The van der Waals surface area contributed by atoms with Crippen LogP contribution in [0, 0.1) is 6.92 Å². The maximum atomic E-state index is 12.1. The summed E-state index contributed by atoms with van der Waals surface area (Å²) in [5.41, 5.74) is 2.23. The molecule has 18 heavy (non-hydrogen) atoms. The molecule has 1 rings (SSSR count). The summed E-state index contributed by atoms with van der Waals surface area (Å²) in [4.78, 5) is 23.4. The standard InChI is InChI=1S/C14H17BrO3/c1-4-18-12(16)8-11-7-5-6-9(2)13(11)14(17)10(3)15/h5-7,10H,4,8H2,1-3H3. The minimum absolute atomic E-state index is 0.00704. The second kappa shape index (κ2) is 6.69. The number of hydrogen-bond donors (Lipinski definition) is 0. The van der Waals surface area contributed by atoms with Crippen molar-refractivity contribution >= 4 is 27.7 Å². The van der Waals surface area contributed by atoms with Gasteiger partial charge in [0.15, 0.2) is 5.78 Å². The van der Waals surface area contributed by atoms with Gasteiger partial charge in [0.05, 0.1) is 17.9 Å². The molecule has 0 heterocycles. The number of carbonyl (C=O) groups excluding carboxylic acids is 2. The van der Waals surface area contributed by atoms with E-state index in [1.807, 2.05) is 19.1 Å². The molecule has 0 spiro atoms. The average Bonchev–Trinajstić information content (AvgIpc) is 2.28. The summed E-state index contributed by atoms with van der Waals surface area (Å²) in [5.74, 6) is -0.313. The molecule has 1 unspecified atom stereocenters. The molecule has 0 saturated heterocycles. The summed E-state index contributed by atoms with van der Waals surface area (Å²) in [6, 6.07) is 5.52. The normalized spacial score (nSPS) is 12.0. The summed E-state index contributed by atoms with van der Waals surface area (Å²) in [6.07, 6.45) is 0.135. The van der Waals surface area contributed by atoms with E-state index in [1.165, 1.54) is 0 Å². The first-order valence-electron chi connectivity index (χ1n) is 5.89. The highest BCUT2D eigenvalue weighted by Crippen LogP contribution is 2.20. The van der Waals surface area contributed by atoms with Gasteiger partial charge in [-0.05, 0) is 31.9 Å². The Kier molecular flexibility index (Phi) is 5.54. The molecule has 0 fully saturated rings. The van der Waals surface area contributed by atoms with Gasteiger partial charge in [-0.15, -0.1) is 0 Å². The first-order valence-corrected chi connectivity index (χ1v) is 6.81. The predicted molar refractivity (Wildman–Crippen MR) is 74.2 cm³/mol. The molecular formula is C14H17BrO3. The smallest absolute Gasteiger partial charge is 0.310 e. The summed E-state index contributed by atoms with van der Waals surface area (Å²) in [5, 5.41) is 0. The van der Waals surface area contributed by atoms with Gasteiger partial charge in [0, 0.05) is 5.56 Å². The zero-order valence-electron chi connectivity index (χ0n) is 10.8. The Hall–Kier alpha value is -1.16. The van der Waals surface area contributed by atoms with Crippen LogP contribution in [0.4, 0.5) is 0 Å². The first-order chi connectivity index (χ1) is 8.47. The number of aryl methyl sites for hydroxylation is 1. The van der Waals surface area contributed by atoms with Gasteiger partial charge in [0.1, 0.15) is 0 Å². The van der Waals surface area contributed by atoms with Crippen LogP contribution in [0.25, 0.3) is 0 Å². The number of esters is 1. The molecule has 0 aromatic heterocycles. The molecule has 0 aliphatic heterocycles. The lowest BCUT2D eigenvalue weighted by molar-refractivity contribution is -0.142. The van der Waals surface area contributed by atoms with Gasteiger partial charge in [0.2, 0.25) is 0 Å². The van der Waals surface area contributed by atoms with Crippen molar-refractivity contribution in [1.82, 2.24) is 0 Å². The van der Waals surface area contributed by atoms with Gasteiger partial charge in [0.25, 0.3) is 0 Å². The molecule has 0 amide bonds. The molecule has 0 N–H and O–H groups in total. The molecule has 1 aromatic rings.